The lowest BCUT2D eigenvalue weighted by molar-refractivity contribution is -0.113. The van der Waals surface area contributed by atoms with Crippen LogP contribution >= 0.6 is 0 Å². The fourth-order valence-electron chi connectivity index (χ4n) is 4.62. The second-order valence-corrected chi connectivity index (χ2v) is 8.88. The molecule has 1 atom stereocenters. The van der Waals surface area contributed by atoms with Crippen molar-refractivity contribution >= 4 is 17.5 Å². The summed E-state index contributed by atoms with van der Waals surface area (Å²) < 4.78 is 23.9. The number of fused-ring (bicyclic) bond motifs is 1. The predicted octanol–water partition coefficient (Wildman–Crippen LogP) is 4.69. The number of amides is 1. The molecule has 0 bridgehead atoms. The summed E-state index contributed by atoms with van der Waals surface area (Å²) in [6.07, 6.45) is 3.24. The molecule has 0 aliphatic carbocycles. The van der Waals surface area contributed by atoms with E-state index in [1.807, 2.05) is 44.2 Å². The number of hydrogen-bond donors (Lipinski definition) is 2. The lowest BCUT2D eigenvalue weighted by Gasteiger charge is -2.29. The van der Waals surface area contributed by atoms with E-state index in [1.165, 1.54) is 0 Å². The van der Waals surface area contributed by atoms with E-state index in [1.54, 1.807) is 56.6 Å². The third-order valence-corrected chi connectivity index (χ3v) is 6.46. The highest BCUT2D eigenvalue weighted by atomic mass is 16.5. The van der Waals surface area contributed by atoms with E-state index >= 15 is 0 Å². The number of anilines is 2. The van der Waals surface area contributed by atoms with Gasteiger partial charge in [0.1, 0.15) is 6.04 Å². The Kier molecular flexibility index (Phi) is 7.54. The number of allylic oxidation sites excluding steroid dienone is 1. The van der Waals surface area contributed by atoms with Gasteiger partial charge in [-0.05, 0) is 61.9 Å². The number of pyridine rings is 1. The van der Waals surface area contributed by atoms with Crippen molar-refractivity contribution in [3.05, 3.63) is 77.8 Å². The summed E-state index contributed by atoms with van der Waals surface area (Å²) in [5.41, 5.74) is 3.17. The molecule has 11 heteroatoms. The number of aromatic nitrogens is 4. The highest BCUT2D eigenvalue weighted by Gasteiger charge is 2.35. The van der Waals surface area contributed by atoms with Gasteiger partial charge in [0.2, 0.25) is 5.95 Å². The van der Waals surface area contributed by atoms with Gasteiger partial charge in [-0.3, -0.25) is 9.78 Å². The van der Waals surface area contributed by atoms with Crippen LogP contribution in [0.2, 0.25) is 0 Å². The van der Waals surface area contributed by atoms with Gasteiger partial charge < -0.3 is 29.6 Å². The summed E-state index contributed by atoms with van der Waals surface area (Å²) in [7, 11) is 4.74. The Bertz CT molecular complexity index is 1570. The van der Waals surface area contributed by atoms with Crippen LogP contribution in [0.15, 0.2) is 72.2 Å². The van der Waals surface area contributed by atoms with Crippen LogP contribution in [0.5, 0.6) is 23.0 Å². The van der Waals surface area contributed by atoms with Gasteiger partial charge in [0, 0.05) is 17.5 Å². The van der Waals surface area contributed by atoms with E-state index in [-0.39, 0.29) is 5.91 Å². The molecule has 0 spiro atoms. The first kappa shape index (κ1) is 26.5. The fourth-order valence-corrected chi connectivity index (χ4v) is 4.62. The molecule has 3 heterocycles. The molecule has 1 unspecified atom stereocenters. The monoisotopic (exact) mass is 542 g/mol. The third-order valence-electron chi connectivity index (χ3n) is 6.46. The van der Waals surface area contributed by atoms with Crippen molar-refractivity contribution in [3.8, 4) is 34.4 Å². The molecule has 1 amide bonds. The molecule has 1 aliphatic heterocycles. The highest BCUT2D eigenvalue weighted by molar-refractivity contribution is 6.06. The molecule has 2 aromatic carbocycles. The van der Waals surface area contributed by atoms with Crippen molar-refractivity contribution in [1.82, 2.24) is 19.7 Å². The molecule has 4 aromatic rings. The lowest BCUT2D eigenvalue weighted by Crippen LogP contribution is -2.31. The number of hydrogen-bond acceptors (Lipinski definition) is 9. The van der Waals surface area contributed by atoms with Crippen LogP contribution in [-0.2, 0) is 4.79 Å². The van der Waals surface area contributed by atoms with Crippen molar-refractivity contribution in [3.63, 3.8) is 0 Å². The first-order valence-electron chi connectivity index (χ1n) is 12.7. The molecular formula is C29H30N6O5. The number of nitrogens with zero attached hydrogens (tertiary/aromatic N) is 4. The van der Waals surface area contributed by atoms with Gasteiger partial charge in [-0.15, -0.1) is 5.10 Å². The van der Waals surface area contributed by atoms with Gasteiger partial charge in [0.15, 0.2) is 28.8 Å². The standard InChI is InChI=1S/C29H30N6O5/c1-6-40-22-12-9-18(14-24(22)39-5)26-25(28(36)32-20-8-7-13-30-16-20)17(2)31-29-33-27(34-35(26)29)19-10-11-21(37-3)23(15-19)38-4/h7-16,26H,6H2,1-5H3,(H,32,36)(H,31,33,34). The Morgan fingerprint density at radius 1 is 1.00 bits per heavy atom. The number of benzene rings is 2. The van der Waals surface area contributed by atoms with Crippen molar-refractivity contribution in [2.75, 3.05) is 38.6 Å². The van der Waals surface area contributed by atoms with E-state index in [9.17, 15) is 4.79 Å². The van der Waals surface area contributed by atoms with Gasteiger partial charge in [-0.2, -0.15) is 4.98 Å². The normalized spacial score (nSPS) is 14.2. The van der Waals surface area contributed by atoms with Crippen LogP contribution in [0.1, 0.15) is 25.5 Å². The lowest BCUT2D eigenvalue weighted by atomic mass is 9.94. The van der Waals surface area contributed by atoms with Gasteiger partial charge >= 0.3 is 0 Å². The summed E-state index contributed by atoms with van der Waals surface area (Å²) in [6.45, 7) is 4.23. The maximum Gasteiger partial charge on any atom is 0.255 e. The fraction of sp³-hybridized carbons (Fsp3) is 0.241. The second-order valence-electron chi connectivity index (χ2n) is 8.88. The Labute approximate surface area is 231 Å². The minimum Gasteiger partial charge on any atom is -0.493 e. The van der Waals surface area contributed by atoms with Crippen LogP contribution in [0.4, 0.5) is 11.6 Å². The van der Waals surface area contributed by atoms with Crippen LogP contribution in [0, 0.1) is 0 Å². The molecule has 5 rings (SSSR count). The Morgan fingerprint density at radius 3 is 2.45 bits per heavy atom. The molecule has 0 saturated carbocycles. The van der Waals surface area contributed by atoms with Crippen LogP contribution in [0.25, 0.3) is 11.4 Å². The summed E-state index contributed by atoms with van der Waals surface area (Å²) in [6, 6.07) is 14.0. The van der Waals surface area contributed by atoms with E-state index in [4.69, 9.17) is 29.0 Å². The number of nitrogens with one attached hydrogen (secondary N) is 2. The number of carbonyl (C=O) groups excluding carboxylic acids is 1. The highest BCUT2D eigenvalue weighted by Crippen LogP contribution is 2.40. The molecule has 1 aliphatic rings. The predicted molar refractivity (Wildman–Crippen MR) is 150 cm³/mol. The average molecular weight is 543 g/mol. The van der Waals surface area contributed by atoms with Crippen LogP contribution in [0.3, 0.4) is 0 Å². The smallest absolute Gasteiger partial charge is 0.255 e. The minimum atomic E-state index is -0.626. The van der Waals surface area contributed by atoms with Crippen molar-refractivity contribution in [1.29, 1.82) is 0 Å². The molecule has 0 radical (unpaired) electrons. The van der Waals surface area contributed by atoms with Crippen molar-refractivity contribution < 1.29 is 23.7 Å². The molecule has 0 fully saturated rings. The maximum atomic E-state index is 13.7. The van der Waals surface area contributed by atoms with Crippen molar-refractivity contribution in [2.24, 2.45) is 0 Å². The third kappa shape index (κ3) is 5.00. The van der Waals surface area contributed by atoms with Gasteiger partial charge in [0.25, 0.3) is 5.91 Å². The molecule has 2 aromatic heterocycles. The van der Waals surface area contributed by atoms with Crippen molar-refractivity contribution in [2.45, 2.75) is 19.9 Å². The summed E-state index contributed by atoms with van der Waals surface area (Å²) >= 11 is 0. The van der Waals surface area contributed by atoms with E-state index < -0.39 is 6.04 Å². The summed E-state index contributed by atoms with van der Waals surface area (Å²) in [5, 5.41) is 11.1. The average Bonchev–Trinajstić information content (AvgIpc) is 3.40. The number of rotatable bonds is 9. The topological polar surface area (TPSA) is 122 Å². The molecular weight excluding hydrogens is 512 g/mol. The summed E-state index contributed by atoms with van der Waals surface area (Å²) in [4.78, 5) is 22.6. The minimum absolute atomic E-state index is 0.301. The number of ether oxygens (including phenoxy) is 4. The van der Waals surface area contributed by atoms with Crippen LogP contribution < -0.4 is 29.6 Å². The first-order valence-corrected chi connectivity index (χ1v) is 12.7. The molecule has 11 nitrogen and oxygen atoms in total. The van der Waals surface area contributed by atoms with E-state index in [2.05, 4.69) is 15.6 Å². The number of methoxy groups -OCH3 is 3. The zero-order chi connectivity index (χ0) is 28.2. The maximum absolute atomic E-state index is 13.7. The van der Waals surface area contributed by atoms with E-state index in [0.29, 0.717) is 58.3 Å². The van der Waals surface area contributed by atoms with Gasteiger partial charge in [0.05, 0.1) is 45.4 Å². The molecule has 40 heavy (non-hydrogen) atoms. The zero-order valence-corrected chi connectivity index (χ0v) is 22.9. The number of carbonyl (C=O) groups is 1. The van der Waals surface area contributed by atoms with Gasteiger partial charge in [-0.25, -0.2) is 4.68 Å². The molecule has 0 saturated heterocycles. The van der Waals surface area contributed by atoms with E-state index in [0.717, 1.165) is 11.1 Å². The summed E-state index contributed by atoms with van der Waals surface area (Å²) in [5.74, 6) is 2.94. The second kappa shape index (κ2) is 11.4. The largest absolute Gasteiger partial charge is 0.493 e. The molecule has 2 N–H and O–H groups in total. The SMILES string of the molecule is CCOc1ccc(C2C(C(=O)Nc3cccnc3)=C(C)Nc3nc(-c4ccc(OC)c(OC)c4)nn32)cc1OC. The Morgan fingerprint density at radius 2 is 1.75 bits per heavy atom. The zero-order valence-electron chi connectivity index (χ0n) is 22.9. The quantitative estimate of drug-likeness (QED) is 0.310. The Balaban J connectivity index is 1.63. The van der Waals surface area contributed by atoms with Gasteiger partial charge in [-0.1, -0.05) is 6.07 Å². The Hall–Kier alpha value is -5.06. The van der Waals surface area contributed by atoms with Crippen LogP contribution in [-0.4, -0.2) is 53.6 Å². The first-order chi connectivity index (χ1) is 19.5. The molecule has 206 valence electrons.